The number of nitrogens with zero attached hydrogens (tertiary/aromatic N) is 2. The van der Waals surface area contributed by atoms with Gasteiger partial charge in [0, 0.05) is 19.1 Å². The van der Waals surface area contributed by atoms with Crippen LogP contribution in [0.4, 0.5) is 0 Å². The van der Waals surface area contributed by atoms with Crippen molar-refractivity contribution in [3.05, 3.63) is 0 Å². The summed E-state index contributed by atoms with van der Waals surface area (Å²) in [6.45, 7) is 6.81. The number of aliphatic imine (C=N–C) groups is 1. The van der Waals surface area contributed by atoms with E-state index in [2.05, 4.69) is 22.1 Å². The predicted molar refractivity (Wildman–Crippen MR) is 67.5 cm³/mol. The van der Waals surface area contributed by atoms with E-state index in [9.17, 15) is 0 Å². The molecule has 1 aliphatic carbocycles. The van der Waals surface area contributed by atoms with Crippen molar-refractivity contribution in [2.24, 2.45) is 16.6 Å². The Morgan fingerprint density at radius 2 is 2.12 bits per heavy atom. The van der Waals surface area contributed by atoms with Gasteiger partial charge in [-0.1, -0.05) is 6.92 Å². The quantitative estimate of drug-likeness (QED) is 0.536. The molecule has 0 amide bonds. The molecule has 0 aromatic carbocycles. The lowest BCUT2D eigenvalue weighted by Crippen LogP contribution is -2.34. The topological polar surface area (TPSA) is 53.6 Å². The number of guanidine groups is 1. The molecule has 1 heterocycles. The van der Waals surface area contributed by atoms with Gasteiger partial charge in [0.25, 0.3) is 0 Å². The summed E-state index contributed by atoms with van der Waals surface area (Å²) in [5.41, 5.74) is 5.80. The summed E-state index contributed by atoms with van der Waals surface area (Å²) in [4.78, 5) is 6.94. The summed E-state index contributed by atoms with van der Waals surface area (Å²) < 4.78 is 0. The molecular formula is C12H24N4. The number of hydrogen-bond acceptors (Lipinski definition) is 2. The molecular weight excluding hydrogens is 200 g/mol. The van der Waals surface area contributed by atoms with Gasteiger partial charge in [0.1, 0.15) is 0 Å². The van der Waals surface area contributed by atoms with E-state index in [0.29, 0.717) is 17.9 Å². The van der Waals surface area contributed by atoms with Crippen LogP contribution in [0.25, 0.3) is 0 Å². The summed E-state index contributed by atoms with van der Waals surface area (Å²) in [5, 5.41) is 3.22. The molecule has 0 aromatic rings. The average molecular weight is 224 g/mol. The maximum absolute atomic E-state index is 5.80. The molecule has 92 valence electrons. The lowest BCUT2D eigenvalue weighted by Gasteiger charge is -2.18. The Kier molecular flexibility index (Phi) is 4.04. The number of nitrogens with one attached hydrogen (secondary N) is 1. The molecule has 3 N–H and O–H groups in total. The fraction of sp³-hybridized carbons (Fsp3) is 0.917. The highest BCUT2D eigenvalue weighted by Gasteiger charge is 2.21. The lowest BCUT2D eigenvalue weighted by molar-refractivity contribution is 0.291. The van der Waals surface area contributed by atoms with Gasteiger partial charge >= 0.3 is 0 Å². The van der Waals surface area contributed by atoms with Gasteiger partial charge in [-0.05, 0) is 44.7 Å². The highest BCUT2D eigenvalue weighted by atomic mass is 15.2. The molecule has 1 unspecified atom stereocenters. The minimum absolute atomic E-state index is 0.609. The van der Waals surface area contributed by atoms with Crippen molar-refractivity contribution >= 4 is 5.96 Å². The largest absolute Gasteiger partial charge is 0.370 e. The van der Waals surface area contributed by atoms with Gasteiger partial charge in [-0.3, -0.25) is 4.99 Å². The van der Waals surface area contributed by atoms with E-state index in [1.165, 1.54) is 45.3 Å². The minimum atomic E-state index is 0.609. The maximum Gasteiger partial charge on any atom is 0.188 e. The van der Waals surface area contributed by atoms with Gasteiger partial charge in [0.05, 0.1) is 0 Å². The lowest BCUT2D eigenvalue weighted by atomic mass is 10.2. The smallest absolute Gasteiger partial charge is 0.188 e. The van der Waals surface area contributed by atoms with E-state index < -0.39 is 0 Å². The highest BCUT2D eigenvalue weighted by molar-refractivity contribution is 5.78. The molecule has 0 spiro atoms. The molecule has 2 aliphatic rings. The van der Waals surface area contributed by atoms with Gasteiger partial charge in [0.15, 0.2) is 5.96 Å². The van der Waals surface area contributed by atoms with Crippen LogP contribution in [0.2, 0.25) is 0 Å². The monoisotopic (exact) mass is 224 g/mol. The summed E-state index contributed by atoms with van der Waals surface area (Å²) in [6, 6.07) is 0.609. The van der Waals surface area contributed by atoms with Gasteiger partial charge in [-0.25, -0.2) is 0 Å². The fourth-order valence-electron chi connectivity index (χ4n) is 2.20. The molecule has 2 fully saturated rings. The number of hydrogen-bond donors (Lipinski definition) is 2. The van der Waals surface area contributed by atoms with Crippen LogP contribution in [-0.2, 0) is 0 Å². The van der Waals surface area contributed by atoms with E-state index >= 15 is 0 Å². The van der Waals surface area contributed by atoms with Crippen LogP contribution in [0.3, 0.4) is 0 Å². The Bertz CT molecular complexity index is 241. The first-order valence-electron chi connectivity index (χ1n) is 6.53. The third-order valence-corrected chi connectivity index (χ3v) is 3.27. The van der Waals surface area contributed by atoms with Gasteiger partial charge in [-0.15, -0.1) is 0 Å². The number of rotatable bonds is 5. The van der Waals surface area contributed by atoms with Crippen LogP contribution in [0, 0.1) is 5.92 Å². The Hall–Kier alpha value is -0.770. The first kappa shape index (κ1) is 11.7. The van der Waals surface area contributed by atoms with Crippen molar-refractivity contribution < 1.29 is 0 Å². The third-order valence-electron chi connectivity index (χ3n) is 3.27. The van der Waals surface area contributed by atoms with Crippen molar-refractivity contribution in [3.63, 3.8) is 0 Å². The van der Waals surface area contributed by atoms with Crippen LogP contribution < -0.4 is 11.1 Å². The molecule has 4 nitrogen and oxygen atoms in total. The standard InChI is InChI=1S/C12H24N4/c1-10(9-16-6-2-3-7-16)8-14-12(13)15-11-4-5-11/h10-11H,2-9H2,1H3,(H3,13,14,15). The molecule has 0 bridgehead atoms. The molecule has 16 heavy (non-hydrogen) atoms. The summed E-state index contributed by atoms with van der Waals surface area (Å²) in [7, 11) is 0. The normalized spacial score (nSPS) is 24.7. The molecule has 1 aliphatic heterocycles. The van der Waals surface area contributed by atoms with Crippen LogP contribution >= 0.6 is 0 Å². The molecule has 4 heteroatoms. The molecule has 0 radical (unpaired) electrons. The van der Waals surface area contributed by atoms with E-state index in [0.717, 1.165) is 6.54 Å². The first-order chi connectivity index (χ1) is 7.74. The second-order valence-corrected chi connectivity index (χ2v) is 5.26. The zero-order chi connectivity index (χ0) is 11.4. The second-order valence-electron chi connectivity index (χ2n) is 5.26. The van der Waals surface area contributed by atoms with Crippen molar-refractivity contribution in [1.29, 1.82) is 0 Å². The summed E-state index contributed by atoms with van der Waals surface area (Å²) >= 11 is 0. The van der Waals surface area contributed by atoms with E-state index in [1.54, 1.807) is 0 Å². The van der Waals surface area contributed by atoms with Crippen LogP contribution in [0.1, 0.15) is 32.6 Å². The molecule has 2 rings (SSSR count). The Balaban J connectivity index is 1.63. The number of nitrogens with two attached hydrogens (primary N) is 1. The second kappa shape index (κ2) is 5.53. The van der Waals surface area contributed by atoms with Crippen LogP contribution in [0.15, 0.2) is 4.99 Å². The Labute approximate surface area is 98.3 Å². The van der Waals surface area contributed by atoms with Crippen LogP contribution in [-0.4, -0.2) is 43.1 Å². The highest BCUT2D eigenvalue weighted by Crippen LogP contribution is 2.18. The van der Waals surface area contributed by atoms with E-state index in [4.69, 9.17) is 5.73 Å². The predicted octanol–water partition coefficient (Wildman–Crippen LogP) is 0.785. The zero-order valence-electron chi connectivity index (χ0n) is 10.3. The molecule has 0 aromatic heterocycles. The molecule has 1 saturated carbocycles. The van der Waals surface area contributed by atoms with E-state index in [1.807, 2.05) is 0 Å². The van der Waals surface area contributed by atoms with Gasteiger partial charge in [0.2, 0.25) is 0 Å². The minimum Gasteiger partial charge on any atom is -0.370 e. The van der Waals surface area contributed by atoms with Crippen molar-refractivity contribution in [1.82, 2.24) is 10.2 Å². The summed E-state index contributed by atoms with van der Waals surface area (Å²) in [5.74, 6) is 1.24. The molecule has 1 atom stereocenters. The van der Waals surface area contributed by atoms with Gasteiger partial charge < -0.3 is 16.0 Å². The number of likely N-dealkylation sites (tertiary alicyclic amines) is 1. The van der Waals surface area contributed by atoms with Gasteiger partial charge in [-0.2, -0.15) is 0 Å². The van der Waals surface area contributed by atoms with Crippen LogP contribution in [0.5, 0.6) is 0 Å². The van der Waals surface area contributed by atoms with E-state index in [-0.39, 0.29) is 0 Å². The third kappa shape index (κ3) is 4.00. The first-order valence-corrected chi connectivity index (χ1v) is 6.53. The zero-order valence-corrected chi connectivity index (χ0v) is 10.3. The maximum atomic E-state index is 5.80. The molecule has 1 saturated heterocycles. The fourth-order valence-corrected chi connectivity index (χ4v) is 2.20. The van der Waals surface area contributed by atoms with Crippen molar-refractivity contribution in [2.75, 3.05) is 26.2 Å². The van der Waals surface area contributed by atoms with Crippen molar-refractivity contribution in [3.8, 4) is 0 Å². The Morgan fingerprint density at radius 3 is 2.75 bits per heavy atom. The van der Waals surface area contributed by atoms with Crippen molar-refractivity contribution in [2.45, 2.75) is 38.6 Å². The SMILES string of the molecule is CC(CN=C(N)NC1CC1)CN1CCCC1. The average Bonchev–Trinajstić information content (AvgIpc) is 2.91. The summed E-state index contributed by atoms with van der Waals surface area (Å²) in [6.07, 6.45) is 5.22. The Morgan fingerprint density at radius 1 is 1.44 bits per heavy atom.